The van der Waals surface area contributed by atoms with Crippen LogP contribution in [0, 0.1) is 11.8 Å². The molecular weight excluding hydrogens is 514 g/mol. The molecule has 2 bridgehead atoms. The molecule has 3 aliphatic carbocycles. The molecule has 0 aromatic heterocycles. The highest BCUT2D eigenvalue weighted by Crippen LogP contribution is 2.66. The zero-order valence-electron chi connectivity index (χ0n) is 19.1. The summed E-state index contributed by atoms with van der Waals surface area (Å²) in [5.41, 5.74) is 6.36. The lowest BCUT2D eigenvalue weighted by atomic mass is 9.55. The van der Waals surface area contributed by atoms with E-state index in [-0.39, 0.29) is 17.7 Å². The van der Waals surface area contributed by atoms with Crippen LogP contribution in [0.4, 0.5) is 17.1 Å². The number of hydrogen-bond acceptors (Lipinski definition) is 4. The maximum atomic E-state index is 14.0. The van der Waals surface area contributed by atoms with Gasteiger partial charge in [-0.15, -0.1) is 0 Å². The van der Waals surface area contributed by atoms with Gasteiger partial charge in [-0.05, 0) is 58.7 Å². The minimum atomic E-state index is -0.745. The molecule has 0 saturated carbocycles. The predicted octanol–water partition coefficient (Wildman–Crippen LogP) is 7.01. The van der Waals surface area contributed by atoms with Crippen molar-refractivity contribution in [3.8, 4) is 0 Å². The predicted molar refractivity (Wildman–Crippen MR) is 141 cm³/mol. The monoisotopic (exact) mass is 533 g/mol. The summed E-state index contributed by atoms with van der Waals surface area (Å²) in [6, 6.07) is 33.0. The Morgan fingerprint density at radius 1 is 0.639 bits per heavy atom. The van der Waals surface area contributed by atoms with E-state index < -0.39 is 16.2 Å². The van der Waals surface area contributed by atoms with Gasteiger partial charge in [0.05, 0.1) is 33.2 Å². The van der Waals surface area contributed by atoms with Gasteiger partial charge in [-0.3, -0.25) is 9.59 Å². The van der Waals surface area contributed by atoms with Crippen molar-refractivity contribution in [2.45, 2.75) is 10.2 Å². The van der Waals surface area contributed by atoms with Crippen LogP contribution >= 0.6 is 15.9 Å². The van der Waals surface area contributed by atoms with E-state index in [0.717, 1.165) is 27.9 Å². The van der Waals surface area contributed by atoms with Crippen LogP contribution in [0.3, 0.4) is 0 Å². The normalized spacial score (nSPS) is 25.7. The largest absolute Gasteiger partial charge is 0.274 e. The summed E-state index contributed by atoms with van der Waals surface area (Å²) < 4.78 is -0.745. The molecule has 4 aromatic rings. The first kappa shape index (κ1) is 21.4. The zero-order valence-corrected chi connectivity index (χ0v) is 20.7. The number of hydrogen-bond donors (Lipinski definition) is 0. The van der Waals surface area contributed by atoms with E-state index in [4.69, 9.17) is 0 Å². The highest BCUT2D eigenvalue weighted by Gasteiger charge is 2.67. The molecule has 1 heterocycles. The van der Waals surface area contributed by atoms with E-state index in [0.29, 0.717) is 11.4 Å². The standard InChI is InChI=1S/C30H20BrN3O2/c31-30-23-12-6-4-10-21(23)25(22-11-5-7-13-24(22)30)26-27(30)29(36)34(28(26)35)20-16-14-19(15-17-20)33-32-18-8-2-1-3-9-18/h1-17,25-27H/t25?,26-,27+,30?/m1/s1. The van der Waals surface area contributed by atoms with E-state index in [1.54, 1.807) is 24.3 Å². The van der Waals surface area contributed by atoms with Crippen LogP contribution in [0.15, 0.2) is 113 Å². The van der Waals surface area contributed by atoms with Crippen LogP contribution in [-0.4, -0.2) is 11.8 Å². The molecule has 0 spiro atoms. The summed E-state index contributed by atoms with van der Waals surface area (Å²) in [6.45, 7) is 0. The number of anilines is 1. The van der Waals surface area contributed by atoms with Gasteiger partial charge in [0, 0.05) is 5.92 Å². The highest BCUT2D eigenvalue weighted by atomic mass is 79.9. The number of imide groups is 1. The fraction of sp³-hybridized carbons (Fsp3) is 0.133. The van der Waals surface area contributed by atoms with Crippen molar-refractivity contribution >= 4 is 44.8 Å². The van der Waals surface area contributed by atoms with Crippen molar-refractivity contribution in [3.05, 3.63) is 125 Å². The lowest BCUT2D eigenvalue weighted by molar-refractivity contribution is -0.122. The summed E-state index contributed by atoms with van der Waals surface area (Å²) in [6.07, 6.45) is 0. The molecule has 0 radical (unpaired) electrons. The van der Waals surface area contributed by atoms with Gasteiger partial charge in [0.25, 0.3) is 0 Å². The molecule has 0 unspecified atom stereocenters. The van der Waals surface area contributed by atoms with Gasteiger partial charge in [0.2, 0.25) is 11.8 Å². The first-order valence-corrected chi connectivity index (χ1v) is 12.7. The Hall–Kier alpha value is -3.90. The maximum absolute atomic E-state index is 14.0. The van der Waals surface area contributed by atoms with Crippen LogP contribution in [0.5, 0.6) is 0 Å². The summed E-state index contributed by atoms with van der Waals surface area (Å²) >= 11 is 4.03. The smallest absolute Gasteiger partial charge is 0.239 e. The second-order valence-corrected chi connectivity index (χ2v) is 10.7. The summed E-state index contributed by atoms with van der Waals surface area (Å²) in [4.78, 5) is 29.3. The first-order chi connectivity index (χ1) is 17.6. The number of alkyl halides is 1. The molecule has 1 fully saturated rings. The van der Waals surface area contributed by atoms with Crippen molar-refractivity contribution in [1.82, 2.24) is 0 Å². The van der Waals surface area contributed by atoms with Gasteiger partial charge < -0.3 is 0 Å². The van der Waals surface area contributed by atoms with Crippen LogP contribution in [0.25, 0.3) is 0 Å². The molecule has 2 atom stereocenters. The molecule has 6 heteroatoms. The fourth-order valence-electron chi connectivity index (χ4n) is 6.21. The van der Waals surface area contributed by atoms with E-state index in [9.17, 15) is 9.59 Å². The van der Waals surface area contributed by atoms with E-state index in [1.165, 1.54) is 4.90 Å². The lowest BCUT2D eigenvalue weighted by Crippen LogP contribution is -2.50. The third-order valence-electron chi connectivity index (χ3n) is 7.66. The molecule has 4 aliphatic rings. The average Bonchev–Trinajstić information content (AvgIpc) is 3.20. The molecule has 8 rings (SSSR count). The molecule has 174 valence electrons. The van der Waals surface area contributed by atoms with E-state index in [1.807, 2.05) is 54.6 Å². The van der Waals surface area contributed by atoms with Crippen LogP contribution in [-0.2, 0) is 13.9 Å². The Bertz CT molecular complexity index is 1520. The van der Waals surface area contributed by atoms with Gasteiger partial charge in [-0.2, -0.15) is 10.2 Å². The quantitative estimate of drug-likeness (QED) is 0.161. The molecule has 0 N–H and O–H groups in total. The number of amides is 2. The third-order valence-corrected chi connectivity index (χ3v) is 9.01. The van der Waals surface area contributed by atoms with Crippen molar-refractivity contribution in [2.75, 3.05) is 4.90 Å². The molecule has 2 amide bonds. The number of nitrogens with zero attached hydrogens (tertiary/aromatic N) is 3. The van der Waals surface area contributed by atoms with Crippen LogP contribution in [0.1, 0.15) is 28.2 Å². The Morgan fingerprint density at radius 3 is 1.78 bits per heavy atom. The van der Waals surface area contributed by atoms with Gasteiger partial charge in [0.15, 0.2) is 0 Å². The second kappa shape index (κ2) is 7.80. The van der Waals surface area contributed by atoms with Gasteiger partial charge in [-0.25, -0.2) is 4.90 Å². The molecular formula is C30H20BrN3O2. The van der Waals surface area contributed by atoms with Crippen LogP contribution < -0.4 is 4.90 Å². The number of benzene rings is 4. The van der Waals surface area contributed by atoms with Crippen LogP contribution in [0.2, 0.25) is 0 Å². The van der Waals surface area contributed by atoms with E-state index >= 15 is 0 Å². The minimum absolute atomic E-state index is 0.151. The molecule has 4 aromatic carbocycles. The highest BCUT2D eigenvalue weighted by molar-refractivity contribution is 9.09. The third kappa shape index (κ3) is 2.82. The van der Waals surface area contributed by atoms with Gasteiger partial charge in [-0.1, -0.05) is 82.7 Å². The molecule has 1 aliphatic heterocycles. The Labute approximate surface area is 216 Å². The number of carbonyl (C=O) groups excluding carboxylic acids is 2. The number of rotatable bonds is 3. The summed E-state index contributed by atoms with van der Waals surface area (Å²) in [7, 11) is 0. The summed E-state index contributed by atoms with van der Waals surface area (Å²) in [5.74, 6) is -1.45. The maximum Gasteiger partial charge on any atom is 0.239 e. The fourth-order valence-corrected chi connectivity index (χ4v) is 7.41. The van der Waals surface area contributed by atoms with Crippen molar-refractivity contribution in [2.24, 2.45) is 22.1 Å². The van der Waals surface area contributed by atoms with Gasteiger partial charge in [0.1, 0.15) is 0 Å². The SMILES string of the molecule is O=C1[C@@H]2C3c4ccccc4C(Br)(c4ccccc43)[C@@H]2C(=O)N1c1ccc(N=Nc2ccccc2)cc1. The minimum Gasteiger partial charge on any atom is -0.274 e. The lowest BCUT2D eigenvalue weighted by Gasteiger charge is -2.51. The summed E-state index contributed by atoms with van der Waals surface area (Å²) in [5, 5.41) is 8.53. The number of azo groups is 1. The molecule has 1 saturated heterocycles. The second-order valence-electron chi connectivity index (χ2n) is 9.43. The van der Waals surface area contributed by atoms with Crippen molar-refractivity contribution in [1.29, 1.82) is 0 Å². The topological polar surface area (TPSA) is 62.1 Å². The van der Waals surface area contributed by atoms with Gasteiger partial charge >= 0.3 is 0 Å². The van der Waals surface area contributed by atoms with Crippen molar-refractivity contribution < 1.29 is 9.59 Å². The molecule has 36 heavy (non-hydrogen) atoms. The van der Waals surface area contributed by atoms with E-state index in [2.05, 4.69) is 50.4 Å². The number of carbonyl (C=O) groups is 2. The average molecular weight is 534 g/mol. The first-order valence-electron chi connectivity index (χ1n) is 11.9. The Balaban J connectivity index is 1.28. The zero-order chi connectivity index (χ0) is 24.4. The Kier molecular flexibility index (Phi) is 4.63. The van der Waals surface area contributed by atoms with Crippen molar-refractivity contribution in [3.63, 3.8) is 0 Å². The molecule has 5 nitrogen and oxygen atoms in total. The Morgan fingerprint density at radius 2 is 1.17 bits per heavy atom. The number of halogens is 1.